The fraction of sp³-hybridized carbons (Fsp3) is 0.429. The minimum Gasteiger partial charge on any atom is -0.465 e. The number of ether oxygens (including phenoxy) is 2. The monoisotopic (exact) mass is 482 g/mol. The molecule has 0 aromatic heterocycles. The van der Waals surface area contributed by atoms with Crippen LogP contribution in [0.4, 0.5) is 0 Å². The average molecular weight is 483 g/mol. The number of Topliss-reactive ketones (excluding diaryl/α,β-unsaturated/α-hetero) is 2. The van der Waals surface area contributed by atoms with Gasteiger partial charge in [0.25, 0.3) is 0 Å². The quantitative estimate of drug-likeness (QED) is 0.287. The average Bonchev–Trinajstić information content (AvgIpc) is 2.88. The van der Waals surface area contributed by atoms with Gasteiger partial charge < -0.3 is 14.6 Å². The van der Waals surface area contributed by atoms with Crippen molar-refractivity contribution in [3.63, 3.8) is 0 Å². The van der Waals surface area contributed by atoms with Crippen molar-refractivity contribution in [3.05, 3.63) is 71.8 Å². The second-order valence-corrected chi connectivity index (χ2v) is 8.74. The topological polar surface area (TPSA) is 107 Å². The summed E-state index contributed by atoms with van der Waals surface area (Å²) in [5, 5.41) is 9.87. The highest BCUT2D eigenvalue weighted by Gasteiger charge is 2.32. The van der Waals surface area contributed by atoms with Gasteiger partial charge in [-0.2, -0.15) is 0 Å². The molecular formula is C28H34O7. The molecule has 35 heavy (non-hydrogen) atoms. The summed E-state index contributed by atoms with van der Waals surface area (Å²) in [6, 6.07) is 19.0. The molecule has 7 nitrogen and oxygen atoms in total. The molecule has 0 fully saturated rings. The number of ketones is 2. The van der Waals surface area contributed by atoms with Gasteiger partial charge in [-0.05, 0) is 30.4 Å². The molecule has 1 N–H and O–H groups in total. The number of carbonyl (C=O) groups is 4. The fourth-order valence-electron chi connectivity index (χ4n) is 3.37. The van der Waals surface area contributed by atoms with Crippen LogP contribution in [-0.2, 0) is 41.5 Å². The first-order valence-corrected chi connectivity index (χ1v) is 11.9. The number of aliphatic hydroxyl groups is 1. The Morgan fingerprint density at radius 1 is 0.714 bits per heavy atom. The highest BCUT2D eigenvalue weighted by Crippen LogP contribution is 2.23. The van der Waals surface area contributed by atoms with E-state index in [-0.39, 0.29) is 57.1 Å². The summed E-state index contributed by atoms with van der Waals surface area (Å²) in [5.41, 5.74) is 1.03. The lowest BCUT2D eigenvalue weighted by Crippen LogP contribution is -2.37. The number of rotatable bonds is 16. The second-order valence-electron chi connectivity index (χ2n) is 8.74. The minimum atomic E-state index is -0.995. The molecule has 0 amide bonds. The second kappa shape index (κ2) is 14.8. The number of aryl methyl sites for hydroxylation is 2. The van der Waals surface area contributed by atoms with Gasteiger partial charge in [0.05, 0.1) is 12.0 Å². The molecule has 0 spiro atoms. The zero-order valence-corrected chi connectivity index (χ0v) is 20.2. The molecule has 0 aliphatic carbocycles. The molecule has 0 saturated carbocycles. The van der Waals surface area contributed by atoms with Gasteiger partial charge in [-0.25, -0.2) is 0 Å². The lowest BCUT2D eigenvalue weighted by molar-refractivity contribution is -0.157. The van der Waals surface area contributed by atoms with Crippen molar-refractivity contribution < 1.29 is 33.8 Å². The van der Waals surface area contributed by atoms with E-state index in [1.165, 1.54) is 0 Å². The summed E-state index contributed by atoms with van der Waals surface area (Å²) in [7, 11) is 0. The van der Waals surface area contributed by atoms with Crippen molar-refractivity contribution in [1.82, 2.24) is 0 Å². The third-order valence-corrected chi connectivity index (χ3v) is 5.92. The Balaban J connectivity index is 1.72. The van der Waals surface area contributed by atoms with E-state index < -0.39 is 17.4 Å². The Kier molecular flexibility index (Phi) is 11.8. The van der Waals surface area contributed by atoms with E-state index in [1.807, 2.05) is 60.7 Å². The first-order chi connectivity index (χ1) is 16.9. The lowest BCUT2D eigenvalue weighted by atomic mass is 9.88. The van der Waals surface area contributed by atoms with E-state index in [0.717, 1.165) is 11.1 Å². The fourth-order valence-corrected chi connectivity index (χ4v) is 3.37. The van der Waals surface area contributed by atoms with Crippen LogP contribution in [0, 0.1) is 5.41 Å². The number of carbonyl (C=O) groups excluding carboxylic acids is 4. The highest BCUT2D eigenvalue weighted by molar-refractivity contribution is 5.96. The molecule has 0 atom stereocenters. The maximum Gasteiger partial charge on any atom is 0.313 e. The molecule has 0 radical (unpaired) electrons. The molecule has 2 aromatic carbocycles. The molecule has 0 heterocycles. The normalized spacial score (nSPS) is 11.0. The highest BCUT2D eigenvalue weighted by atomic mass is 16.5. The maximum atomic E-state index is 12.1. The van der Waals surface area contributed by atoms with Gasteiger partial charge >= 0.3 is 11.9 Å². The number of benzene rings is 2. The number of hydrogen-bond acceptors (Lipinski definition) is 7. The minimum absolute atomic E-state index is 0.194. The third-order valence-electron chi connectivity index (χ3n) is 5.92. The van der Waals surface area contributed by atoms with E-state index >= 15 is 0 Å². The molecule has 2 aromatic rings. The van der Waals surface area contributed by atoms with Gasteiger partial charge in [0.2, 0.25) is 0 Å². The van der Waals surface area contributed by atoms with Gasteiger partial charge in [-0.15, -0.1) is 0 Å². The molecule has 0 aliphatic heterocycles. The standard InChI is InChI=1S/C28H34O7/c1-2-28(19-29,20-34-26(32)17-24(30)15-13-22-9-5-3-6-10-22)21-35-27(33)18-25(31)16-14-23-11-7-4-8-12-23/h3-12,29H,2,13-21H2,1H3. The maximum absolute atomic E-state index is 12.1. The van der Waals surface area contributed by atoms with Crippen LogP contribution < -0.4 is 0 Å². The Hall–Kier alpha value is -3.32. The van der Waals surface area contributed by atoms with Crippen LogP contribution in [0.15, 0.2) is 60.7 Å². The Morgan fingerprint density at radius 2 is 1.11 bits per heavy atom. The van der Waals surface area contributed by atoms with Gasteiger partial charge in [-0.3, -0.25) is 19.2 Å². The van der Waals surface area contributed by atoms with E-state index in [0.29, 0.717) is 19.3 Å². The number of esters is 2. The van der Waals surface area contributed by atoms with Crippen LogP contribution in [0.1, 0.15) is 50.2 Å². The number of aliphatic hydroxyl groups excluding tert-OH is 1. The van der Waals surface area contributed by atoms with Crippen molar-refractivity contribution in [2.75, 3.05) is 19.8 Å². The summed E-state index contributed by atoms with van der Waals surface area (Å²) in [6.45, 7) is 1.00. The summed E-state index contributed by atoms with van der Waals surface area (Å²) in [4.78, 5) is 48.5. The van der Waals surface area contributed by atoms with E-state index in [9.17, 15) is 24.3 Å². The lowest BCUT2D eigenvalue weighted by Gasteiger charge is -2.29. The van der Waals surface area contributed by atoms with Crippen molar-refractivity contribution in [1.29, 1.82) is 0 Å². The van der Waals surface area contributed by atoms with E-state index in [1.54, 1.807) is 6.92 Å². The third kappa shape index (κ3) is 10.6. The zero-order chi connectivity index (χ0) is 25.5. The molecular weight excluding hydrogens is 448 g/mol. The predicted octanol–water partition coefficient (Wildman–Crippen LogP) is 3.65. The van der Waals surface area contributed by atoms with Crippen LogP contribution >= 0.6 is 0 Å². The molecule has 0 aliphatic rings. The molecule has 2 rings (SSSR count). The molecule has 0 unspecified atom stereocenters. The van der Waals surface area contributed by atoms with E-state index in [4.69, 9.17) is 9.47 Å². The van der Waals surface area contributed by atoms with Gasteiger partial charge in [0.15, 0.2) is 0 Å². The smallest absolute Gasteiger partial charge is 0.313 e. The number of hydrogen-bond donors (Lipinski definition) is 1. The van der Waals surface area contributed by atoms with Crippen LogP contribution in [0.5, 0.6) is 0 Å². The van der Waals surface area contributed by atoms with Gasteiger partial charge in [0.1, 0.15) is 37.6 Å². The Labute approximate surface area is 206 Å². The summed E-state index contributed by atoms with van der Waals surface area (Å²) < 4.78 is 10.5. The first kappa shape index (κ1) is 27.9. The molecule has 0 bridgehead atoms. The predicted molar refractivity (Wildman–Crippen MR) is 131 cm³/mol. The summed E-state index contributed by atoms with van der Waals surface area (Å²) in [6.07, 6.45) is 1.21. The van der Waals surface area contributed by atoms with Crippen LogP contribution in [-0.4, -0.2) is 48.4 Å². The Morgan fingerprint density at radius 3 is 1.46 bits per heavy atom. The van der Waals surface area contributed by atoms with Crippen molar-refractivity contribution in [2.45, 2.75) is 51.9 Å². The summed E-state index contributed by atoms with van der Waals surface area (Å²) in [5.74, 6) is -1.83. The van der Waals surface area contributed by atoms with Crippen LogP contribution in [0.2, 0.25) is 0 Å². The van der Waals surface area contributed by atoms with Gasteiger partial charge in [-0.1, -0.05) is 67.6 Å². The summed E-state index contributed by atoms with van der Waals surface area (Å²) >= 11 is 0. The van der Waals surface area contributed by atoms with Gasteiger partial charge in [0, 0.05) is 12.8 Å². The van der Waals surface area contributed by atoms with Crippen LogP contribution in [0.3, 0.4) is 0 Å². The largest absolute Gasteiger partial charge is 0.465 e. The van der Waals surface area contributed by atoms with Crippen molar-refractivity contribution >= 4 is 23.5 Å². The SMILES string of the molecule is CCC(CO)(COC(=O)CC(=O)CCc1ccccc1)COC(=O)CC(=O)CCc1ccccc1. The first-order valence-electron chi connectivity index (χ1n) is 11.9. The molecule has 188 valence electrons. The molecule has 0 saturated heterocycles. The zero-order valence-electron chi connectivity index (χ0n) is 20.2. The molecule has 7 heteroatoms. The van der Waals surface area contributed by atoms with Crippen molar-refractivity contribution in [2.24, 2.45) is 5.41 Å². The van der Waals surface area contributed by atoms with E-state index in [2.05, 4.69) is 0 Å². The van der Waals surface area contributed by atoms with Crippen LogP contribution in [0.25, 0.3) is 0 Å². The van der Waals surface area contributed by atoms with Crippen molar-refractivity contribution in [3.8, 4) is 0 Å². The Bertz CT molecular complexity index is 874.